The molecule has 210 valence electrons. The molecule has 3 aromatic carbocycles. The second-order valence-corrected chi connectivity index (χ2v) is 11.0. The Hall–Kier alpha value is -4.43. The molecule has 0 saturated heterocycles. The van der Waals surface area contributed by atoms with Gasteiger partial charge in [-0.1, -0.05) is 79.8 Å². The number of fused-ring (bicyclic) bond motifs is 1. The monoisotopic (exact) mass is 568 g/mol. The van der Waals surface area contributed by atoms with Crippen LogP contribution in [0.5, 0.6) is 11.5 Å². The van der Waals surface area contributed by atoms with Gasteiger partial charge in [-0.3, -0.25) is 9.36 Å². The molecular weight excluding hydrogens is 536 g/mol. The fourth-order valence-electron chi connectivity index (χ4n) is 4.64. The molecule has 2 heterocycles. The van der Waals surface area contributed by atoms with Gasteiger partial charge in [0.1, 0.15) is 11.5 Å². The Balaban J connectivity index is 1.71. The Kier molecular flexibility index (Phi) is 8.50. The second-order valence-electron chi connectivity index (χ2n) is 9.98. The number of benzene rings is 3. The van der Waals surface area contributed by atoms with Crippen molar-refractivity contribution in [2.75, 3.05) is 20.3 Å². The Morgan fingerprint density at radius 1 is 1.02 bits per heavy atom. The summed E-state index contributed by atoms with van der Waals surface area (Å²) in [5.41, 5.74) is 2.88. The molecule has 5 rings (SSSR count). The zero-order valence-corrected chi connectivity index (χ0v) is 24.3. The minimum atomic E-state index is -0.760. The van der Waals surface area contributed by atoms with E-state index in [1.54, 1.807) is 18.6 Å². The summed E-state index contributed by atoms with van der Waals surface area (Å²) in [5.74, 6) is 1.30. The van der Waals surface area contributed by atoms with Crippen molar-refractivity contribution in [1.29, 1.82) is 0 Å². The van der Waals surface area contributed by atoms with E-state index in [4.69, 9.17) is 19.2 Å². The number of aromatic nitrogens is 1. The number of thiazole rings is 1. The van der Waals surface area contributed by atoms with Crippen LogP contribution in [0.25, 0.3) is 11.8 Å². The van der Waals surface area contributed by atoms with Crippen molar-refractivity contribution in [2.24, 2.45) is 10.9 Å². The molecule has 1 aliphatic rings. The van der Waals surface area contributed by atoms with Crippen LogP contribution in [0.2, 0.25) is 0 Å². The molecule has 1 aromatic heterocycles. The van der Waals surface area contributed by atoms with Gasteiger partial charge in [0.15, 0.2) is 4.80 Å². The number of hydrogen-bond acceptors (Lipinski definition) is 7. The quantitative estimate of drug-likeness (QED) is 0.266. The van der Waals surface area contributed by atoms with Gasteiger partial charge < -0.3 is 14.2 Å². The van der Waals surface area contributed by atoms with Gasteiger partial charge in [-0.2, -0.15) is 0 Å². The van der Waals surface area contributed by atoms with E-state index >= 15 is 0 Å². The first-order chi connectivity index (χ1) is 19.9. The van der Waals surface area contributed by atoms with Gasteiger partial charge in [0.2, 0.25) is 0 Å². The highest BCUT2D eigenvalue weighted by atomic mass is 32.1. The summed E-state index contributed by atoms with van der Waals surface area (Å²) in [4.78, 5) is 33.0. The standard InChI is InChI=1S/C33H32N2O5S/c1-5-39-32(37)28-29(23-10-7-6-8-11-23)34-33-35(30(28)24-12-9-13-26(19-24)38-4)31(36)27(41-33)18-22-14-16-25(17-15-22)40-20-21(2)3/h6-19,21,30H,5,20H2,1-4H3/b27-18+/t30-/m1/s1. The topological polar surface area (TPSA) is 79.1 Å². The van der Waals surface area contributed by atoms with Crippen molar-refractivity contribution < 1.29 is 19.0 Å². The van der Waals surface area contributed by atoms with Crippen LogP contribution in [0.3, 0.4) is 0 Å². The van der Waals surface area contributed by atoms with Crippen molar-refractivity contribution in [3.8, 4) is 11.5 Å². The second kappa shape index (κ2) is 12.4. The first-order valence-electron chi connectivity index (χ1n) is 13.5. The van der Waals surface area contributed by atoms with Crippen molar-refractivity contribution >= 4 is 29.1 Å². The predicted octanol–water partition coefficient (Wildman–Crippen LogP) is 4.98. The first kappa shape index (κ1) is 28.1. The van der Waals surface area contributed by atoms with Gasteiger partial charge >= 0.3 is 5.97 Å². The molecule has 41 heavy (non-hydrogen) atoms. The summed E-state index contributed by atoms with van der Waals surface area (Å²) in [7, 11) is 1.58. The van der Waals surface area contributed by atoms with Crippen LogP contribution in [0.4, 0.5) is 0 Å². The van der Waals surface area contributed by atoms with Crippen molar-refractivity contribution in [2.45, 2.75) is 26.8 Å². The normalized spacial score (nSPS) is 15.0. The summed E-state index contributed by atoms with van der Waals surface area (Å²) in [6.45, 7) is 6.79. The fraction of sp³-hybridized carbons (Fsp3) is 0.242. The summed E-state index contributed by atoms with van der Waals surface area (Å²) < 4.78 is 18.9. The number of nitrogens with zero attached hydrogens (tertiary/aromatic N) is 2. The highest BCUT2D eigenvalue weighted by Crippen LogP contribution is 2.36. The third-order valence-electron chi connectivity index (χ3n) is 6.54. The maximum atomic E-state index is 14.0. The van der Waals surface area contributed by atoms with Crippen LogP contribution in [0.1, 0.15) is 43.5 Å². The van der Waals surface area contributed by atoms with Gasteiger partial charge in [-0.25, -0.2) is 9.79 Å². The van der Waals surface area contributed by atoms with Crippen LogP contribution < -0.4 is 24.4 Å². The lowest BCUT2D eigenvalue weighted by atomic mass is 9.93. The van der Waals surface area contributed by atoms with E-state index in [1.807, 2.05) is 84.9 Å². The highest BCUT2D eigenvalue weighted by Gasteiger charge is 2.35. The van der Waals surface area contributed by atoms with E-state index in [2.05, 4.69) is 13.8 Å². The number of ether oxygens (including phenoxy) is 3. The predicted molar refractivity (Wildman–Crippen MR) is 161 cm³/mol. The number of rotatable bonds is 9. The summed E-state index contributed by atoms with van der Waals surface area (Å²) >= 11 is 1.29. The smallest absolute Gasteiger partial charge is 0.338 e. The highest BCUT2D eigenvalue weighted by molar-refractivity contribution is 7.07. The molecule has 0 spiro atoms. The first-order valence-corrected chi connectivity index (χ1v) is 14.4. The molecular formula is C33H32N2O5S. The van der Waals surface area contributed by atoms with E-state index < -0.39 is 12.0 Å². The average molecular weight is 569 g/mol. The molecule has 0 bridgehead atoms. The Morgan fingerprint density at radius 2 is 1.78 bits per heavy atom. The molecule has 0 saturated carbocycles. The number of carbonyl (C=O) groups is 1. The number of methoxy groups -OCH3 is 1. The van der Waals surface area contributed by atoms with Crippen LogP contribution in [-0.4, -0.2) is 30.9 Å². The lowest BCUT2D eigenvalue weighted by Gasteiger charge is -2.26. The summed E-state index contributed by atoms with van der Waals surface area (Å²) in [5, 5.41) is 0. The molecule has 0 amide bonds. The molecule has 0 aliphatic carbocycles. The molecule has 1 atom stereocenters. The van der Waals surface area contributed by atoms with Crippen LogP contribution >= 0.6 is 11.3 Å². The number of esters is 1. The van der Waals surface area contributed by atoms with Gasteiger partial charge in [-0.15, -0.1) is 0 Å². The minimum Gasteiger partial charge on any atom is -0.497 e. The van der Waals surface area contributed by atoms with Crippen LogP contribution in [-0.2, 0) is 9.53 Å². The Labute approximate surface area is 242 Å². The van der Waals surface area contributed by atoms with Gasteiger partial charge in [0.25, 0.3) is 5.56 Å². The number of hydrogen-bond donors (Lipinski definition) is 0. The Morgan fingerprint density at radius 3 is 2.46 bits per heavy atom. The maximum Gasteiger partial charge on any atom is 0.338 e. The van der Waals surface area contributed by atoms with E-state index in [-0.39, 0.29) is 12.2 Å². The molecule has 0 unspecified atom stereocenters. The lowest BCUT2D eigenvalue weighted by molar-refractivity contribution is -0.138. The van der Waals surface area contributed by atoms with Crippen LogP contribution in [0.15, 0.2) is 94.2 Å². The molecule has 0 fully saturated rings. The van der Waals surface area contributed by atoms with E-state index in [9.17, 15) is 9.59 Å². The average Bonchev–Trinajstić information content (AvgIpc) is 3.30. The van der Waals surface area contributed by atoms with E-state index in [0.717, 1.165) is 22.4 Å². The SMILES string of the molecule is CCOC(=O)C1=C(c2ccccc2)N=c2s/c(=C/c3ccc(OCC(C)C)cc3)c(=O)n2[C@@H]1c1cccc(OC)c1. The molecule has 7 nitrogen and oxygen atoms in total. The zero-order valence-electron chi connectivity index (χ0n) is 23.5. The van der Waals surface area contributed by atoms with Gasteiger partial charge in [0, 0.05) is 5.56 Å². The van der Waals surface area contributed by atoms with Crippen molar-refractivity contribution in [3.05, 3.63) is 121 Å². The fourth-order valence-corrected chi connectivity index (χ4v) is 5.64. The maximum absolute atomic E-state index is 14.0. The summed E-state index contributed by atoms with van der Waals surface area (Å²) in [6, 6.07) is 23.8. The minimum absolute atomic E-state index is 0.191. The van der Waals surface area contributed by atoms with Crippen molar-refractivity contribution in [3.63, 3.8) is 0 Å². The number of carbonyl (C=O) groups excluding carboxylic acids is 1. The Bertz CT molecular complexity index is 1750. The van der Waals surface area contributed by atoms with Crippen molar-refractivity contribution in [1.82, 2.24) is 4.57 Å². The molecule has 1 aliphatic heterocycles. The molecule has 8 heteroatoms. The molecule has 0 N–H and O–H groups in total. The van der Waals surface area contributed by atoms with E-state index in [0.29, 0.717) is 38.9 Å². The largest absolute Gasteiger partial charge is 0.497 e. The lowest BCUT2D eigenvalue weighted by Crippen LogP contribution is -2.40. The summed E-state index contributed by atoms with van der Waals surface area (Å²) in [6.07, 6.45) is 1.84. The zero-order chi connectivity index (χ0) is 28.9. The van der Waals surface area contributed by atoms with E-state index in [1.165, 1.54) is 11.3 Å². The van der Waals surface area contributed by atoms with Gasteiger partial charge in [-0.05, 0) is 54.3 Å². The third kappa shape index (κ3) is 6.02. The third-order valence-corrected chi connectivity index (χ3v) is 7.53. The van der Waals surface area contributed by atoms with Gasteiger partial charge in [0.05, 0.1) is 42.2 Å². The molecule has 4 aromatic rings. The molecule has 0 radical (unpaired) electrons. The van der Waals surface area contributed by atoms with Crippen LogP contribution in [0, 0.1) is 5.92 Å².